The highest BCUT2D eigenvalue weighted by Gasteiger charge is 2.75. The zero-order valence-electron chi connectivity index (χ0n) is 8.65. The quantitative estimate of drug-likeness (QED) is 0.638. The summed E-state index contributed by atoms with van der Waals surface area (Å²) in [6.07, 6.45) is 3.47. The highest BCUT2D eigenvalue weighted by molar-refractivity contribution is 5.25. The van der Waals surface area contributed by atoms with Crippen LogP contribution in [0.3, 0.4) is 0 Å². The van der Waals surface area contributed by atoms with Crippen molar-refractivity contribution in [1.29, 1.82) is 0 Å². The number of hydrogen-bond acceptors (Lipinski definition) is 1. The molecule has 0 aromatic carbocycles. The molecule has 0 heterocycles. The fraction of sp³-hybridized carbons (Fsp3) is 1.00. The first kappa shape index (κ1) is 8.55. The van der Waals surface area contributed by atoms with Crippen LogP contribution in [0, 0.1) is 16.7 Å². The highest BCUT2D eigenvalue weighted by atomic mass is 16.3. The highest BCUT2D eigenvalue weighted by Crippen LogP contribution is 2.79. The van der Waals surface area contributed by atoms with E-state index in [0.717, 1.165) is 12.3 Å². The second-order valence-corrected chi connectivity index (χ2v) is 5.59. The zero-order chi connectivity index (χ0) is 9.20. The normalized spacial score (nSPS) is 57.5. The van der Waals surface area contributed by atoms with E-state index < -0.39 is 5.60 Å². The van der Waals surface area contributed by atoms with Crippen LogP contribution in [0.1, 0.15) is 47.0 Å². The zero-order valence-corrected chi connectivity index (χ0v) is 8.65. The number of rotatable bonds is 1. The van der Waals surface area contributed by atoms with E-state index >= 15 is 0 Å². The molecular weight excluding hydrogens is 148 g/mol. The smallest absolute Gasteiger partial charge is 0.0678 e. The van der Waals surface area contributed by atoms with Crippen molar-refractivity contribution in [2.45, 2.75) is 52.6 Å². The van der Waals surface area contributed by atoms with E-state index in [-0.39, 0.29) is 5.41 Å². The Labute approximate surface area is 75.2 Å². The molecule has 2 aliphatic rings. The molecule has 2 fully saturated rings. The van der Waals surface area contributed by atoms with Crippen LogP contribution in [0.25, 0.3) is 0 Å². The average Bonchev–Trinajstić information content (AvgIpc) is 2.50. The predicted octanol–water partition coefficient (Wildman–Crippen LogP) is 2.58. The van der Waals surface area contributed by atoms with E-state index in [0.29, 0.717) is 5.41 Å². The standard InChI is InChI=1S/C11H20O/c1-8(2)11-6-5-10(4,12)9(11,3)7-11/h8,12H,5-7H2,1-4H3/t9-,10?,11+/m1/s1. The van der Waals surface area contributed by atoms with Crippen LogP contribution >= 0.6 is 0 Å². The van der Waals surface area contributed by atoms with Crippen molar-refractivity contribution < 1.29 is 5.11 Å². The fourth-order valence-corrected chi connectivity index (χ4v) is 3.55. The minimum Gasteiger partial charge on any atom is -0.390 e. The molecule has 0 aromatic rings. The maximum absolute atomic E-state index is 10.2. The lowest BCUT2D eigenvalue weighted by atomic mass is 9.83. The molecule has 0 spiro atoms. The van der Waals surface area contributed by atoms with E-state index in [1.165, 1.54) is 12.8 Å². The molecule has 1 N–H and O–H groups in total. The first-order valence-corrected chi connectivity index (χ1v) is 5.08. The molecule has 1 nitrogen and oxygen atoms in total. The van der Waals surface area contributed by atoms with Crippen LogP contribution in [-0.4, -0.2) is 10.7 Å². The van der Waals surface area contributed by atoms with Crippen molar-refractivity contribution in [3.05, 3.63) is 0 Å². The van der Waals surface area contributed by atoms with Gasteiger partial charge in [-0.2, -0.15) is 0 Å². The molecule has 0 aromatic heterocycles. The lowest BCUT2D eigenvalue weighted by Crippen LogP contribution is -2.32. The second kappa shape index (κ2) is 1.89. The van der Waals surface area contributed by atoms with Crippen molar-refractivity contribution in [2.24, 2.45) is 16.7 Å². The molecule has 2 saturated carbocycles. The van der Waals surface area contributed by atoms with Gasteiger partial charge in [-0.15, -0.1) is 0 Å². The SMILES string of the molecule is CC(C)[C@@]12CCC(C)(O)[C@@]1(C)C2. The van der Waals surface area contributed by atoms with Gasteiger partial charge in [-0.05, 0) is 37.5 Å². The van der Waals surface area contributed by atoms with Crippen molar-refractivity contribution in [3.63, 3.8) is 0 Å². The molecule has 0 aliphatic heterocycles. The van der Waals surface area contributed by atoms with Crippen molar-refractivity contribution >= 4 is 0 Å². The molecule has 70 valence electrons. The molecule has 0 radical (unpaired) electrons. The second-order valence-electron chi connectivity index (χ2n) is 5.59. The van der Waals surface area contributed by atoms with Gasteiger partial charge in [-0.1, -0.05) is 20.8 Å². The maximum Gasteiger partial charge on any atom is 0.0678 e. The van der Waals surface area contributed by atoms with Gasteiger partial charge >= 0.3 is 0 Å². The van der Waals surface area contributed by atoms with Gasteiger partial charge in [-0.25, -0.2) is 0 Å². The van der Waals surface area contributed by atoms with Gasteiger partial charge in [0.05, 0.1) is 5.60 Å². The summed E-state index contributed by atoms with van der Waals surface area (Å²) >= 11 is 0. The number of aliphatic hydroxyl groups is 1. The van der Waals surface area contributed by atoms with E-state index in [1.54, 1.807) is 0 Å². The van der Waals surface area contributed by atoms with Gasteiger partial charge in [0.25, 0.3) is 0 Å². The molecule has 0 amide bonds. The summed E-state index contributed by atoms with van der Waals surface area (Å²) in [6.45, 7) is 8.88. The first-order valence-electron chi connectivity index (χ1n) is 5.08. The third-order valence-electron chi connectivity index (χ3n) is 4.99. The fourth-order valence-electron chi connectivity index (χ4n) is 3.55. The summed E-state index contributed by atoms with van der Waals surface area (Å²) < 4.78 is 0. The van der Waals surface area contributed by atoms with Crippen LogP contribution < -0.4 is 0 Å². The largest absolute Gasteiger partial charge is 0.390 e. The Hall–Kier alpha value is -0.0400. The number of hydrogen-bond donors (Lipinski definition) is 1. The monoisotopic (exact) mass is 168 g/mol. The van der Waals surface area contributed by atoms with Gasteiger partial charge < -0.3 is 5.11 Å². The minimum absolute atomic E-state index is 0.230. The lowest BCUT2D eigenvalue weighted by Gasteiger charge is -2.27. The van der Waals surface area contributed by atoms with Gasteiger partial charge in [0, 0.05) is 5.41 Å². The Bertz CT molecular complexity index is 212. The van der Waals surface area contributed by atoms with E-state index in [9.17, 15) is 5.11 Å². The summed E-state index contributed by atoms with van der Waals surface area (Å²) in [6, 6.07) is 0. The third kappa shape index (κ3) is 0.654. The molecule has 2 rings (SSSR count). The maximum atomic E-state index is 10.2. The Kier molecular flexibility index (Phi) is 1.35. The van der Waals surface area contributed by atoms with E-state index in [1.807, 2.05) is 6.92 Å². The van der Waals surface area contributed by atoms with E-state index in [4.69, 9.17) is 0 Å². The third-order valence-corrected chi connectivity index (χ3v) is 4.99. The van der Waals surface area contributed by atoms with Gasteiger partial charge in [-0.3, -0.25) is 0 Å². The summed E-state index contributed by atoms with van der Waals surface area (Å²) in [5.74, 6) is 0.733. The molecule has 3 atom stereocenters. The molecule has 0 bridgehead atoms. The first-order chi connectivity index (χ1) is 5.36. The summed E-state index contributed by atoms with van der Waals surface area (Å²) in [4.78, 5) is 0. The van der Waals surface area contributed by atoms with Crippen molar-refractivity contribution in [1.82, 2.24) is 0 Å². The van der Waals surface area contributed by atoms with Crippen LogP contribution in [-0.2, 0) is 0 Å². The molecule has 1 heteroatoms. The average molecular weight is 168 g/mol. The summed E-state index contributed by atoms with van der Waals surface area (Å²) in [5.41, 5.74) is 0.321. The van der Waals surface area contributed by atoms with Crippen LogP contribution in [0.5, 0.6) is 0 Å². The van der Waals surface area contributed by atoms with Gasteiger partial charge in [0.15, 0.2) is 0 Å². The number of fused-ring (bicyclic) bond motifs is 1. The predicted molar refractivity (Wildman–Crippen MR) is 49.9 cm³/mol. The summed E-state index contributed by atoms with van der Waals surface area (Å²) in [7, 11) is 0. The van der Waals surface area contributed by atoms with Gasteiger partial charge in [0.2, 0.25) is 0 Å². The van der Waals surface area contributed by atoms with E-state index in [2.05, 4.69) is 20.8 Å². The Morgan fingerprint density at radius 1 is 1.17 bits per heavy atom. The van der Waals surface area contributed by atoms with Crippen LogP contribution in [0.2, 0.25) is 0 Å². The lowest BCUT2D eigenvalue weighted by molar-refractivity contribution is -0.00265. The molecular formula is C11H20O. The van der Waals surface area contributed by atoms with Crippen molar-refractivity contribution in [3.8, 4) is 0 Å². The molecule has 0 saturated heterocycles. The molecule has 12 heavy (non-hydrogen) atoms. The van der Waals surface area contributed by atoms with Crippen molar-refractivity contribution in [2.75, 3.05) is 0 Å². The Morgan fingerprint density at radius 3 is 1.92 bits per heavy atom. The topological polar surface area (TPSA) is 20.2 Å². The van der Waals surface area contributed by atoms with Crippen LogP contribution in [0.15, 0.2) is 0 Å². The molecule has 1 unspecified atom stereocenters. The van der Waals surface area contributed by atoms with Crippen LogP contribution in [0.4, 0.5) is 0 Å². The minimum atomic E-state index is -0.392. The summed E-state index contributed by atoms with van der Waals surface area (Å²) in [5, 5.41) is 10.2. The van der Waals surface area contributed by atoms with Gasteiger partial charge in [0.1, 0.15) is 0 Å². The molecule has 2 aliphatic carbocycles. The Morgan fingerprint density at radius 2 is 1.75 bits per heavy atom. The Balaban J connectivity index is 2.31.